The average molecular weight is 486 g/mol. The maximum Gasteiger partial charge on any atom is 0.340 e. The smallest absolute Gasteiger partial charge is 0.340 e. The number of hydrogen-bond donors (Lipinski definition) is 1. The Labute approximate surface area is 201 Å². The number of rotatable bonds is 10. The molecule has 0 saturated heterocycles. The summed E-state index contributed by atoms with van der Waals surface area (Å²) in [7, 11) is 1.18. The molecule has 0 atom stereocenters. The summed E-state index contributed by atoms with van der Waals surface area (Å²) in [4.78, 5) is 62.3. The minimum absolute atomic E-state index is 0.0147. The third-order valence-electron chi connectivity index (χ3n) is 4.33. The molecule has 186 valence electrons. The van der Waals surface area contributed by atoms with Crippen molar-refractivity contribution in [3.05, 3.63) is 52.9 Å². The van der Waals surface area contributed by atoms with E-state index in [4.69, 9.17) is 24.0 Å². The van der Waals surface area contributed by atoms with Crippen LogP contribution in [0.25, 0.3) is 6.08 Å². The first kappa shape index (κ1) is 27.2. The van der Waals surface area contributed by atoms with Gasteiger partial charge in [0.1, 0.15) is 6.61 Å². The van der Waals surface area contributed by atoms with Crippen molar-refractivity contribution in [3.63, 3.8) is 0 Å². The summed E-state index contributed by atoms with van der Waals surface area (Å²) in [5, 5.41) is 2.53. The second-order valence-electron chi connectivity index (χ2n) is 6.96. The number of aromatic nitrogens is 1. The number of pyridine rings is 1. The van der Waals surface area contributed by atoms with Gasteiger partial charge in [0.05, 0.1) is 30.7 Å². The van der Waals surface area contributed by atoms with E-state index in [1.165, 1.54) is 51.4 Å². The molecule has 35 heavy (non-hydrogen) atoms. The van der Waals surface area contributed by atoms with E-state index in [2.05, 4.69) is 10.3 Å². The van der Waals surface area contributed by atoms with Crippen molar-refractivity contribution in [1.29, 1.82) is 0 Å². The minimum atomic E-state index is -0.740. The van der Waals surface area contributed by atoms with Crippen molar-refractivity contribution in [2.24, 2.45) is 0 Å². The first-order chi connectivity index (χ1) is 16.7. The molecular weight excluding hydrogens is 460 g/mol. The molecule has 1 aromatic carbocycles. The maximum absolute atomic E-state index is 12.8. The first-order valence-electron chi connectivity index (χ1n) is 10.5. The highest BCUT2D eigenvalue weighted by molar-refractivity contribution is 6.08. The highest BCUT2D eigenvalue weighted by Crippen LogP contribution is 2.30. The predicted molar refractivity (Wildman–Crippen MR) is 123 cm³/mol. The highest BCUT2D eigenvalue weighted by Gasteiger charge is 2.20. The van der Waals surface area contributed by atoms with Crippen molar-refractivity contribution in [2.75, 3.05) is 19.0 Å². The molecule has 0 bridgehead atoms. The van der Waals surface area contributed by atoms with E-state index < -0.39 is 23.8 Å². The molecule has 0 aliphatic carbocycles. The Morgan fingerprint density at radius 1 is 1.06 bits per heavy atom. The quantitative estimate of drug-likeness (QED) is 0.133. The number of carbonyl (C=O) groups excluding carboxylic acids is 4. The van der Waals surface area contributed by atoms with Gasteiger partial charge in [0.25, 0.3) is 0 Å². The van der Waals surface area contributed by atoms with Crippen LogP contribution < -0.4 is 14.8 Å². The van der Waals surface area contributed by atoms with Crippen LogP contribution in [0, 0.1) is 6.92 Å². The topological polar surface area (TPSA) is 139 Å². The molecule has 1 N–H and O–H groups in total. The van der Waals surface area contributed by atoms with Crippen molar-refractivity contribution >= 4 is 35.6 Å². The fraction of sp³-hybridized carbons (Fsp3) is 0.292. The van der Waals surface area contributed by atoms with Crippen LogP contribution in [-0.2, 0) is 35.5 Å². The second kappa shape index (κ2) is 13.0. The van der Waals surface area contributed by atoms with Crippen LogP contribution in [0.5, 0.6) is 11.5 Å². The number of anilines is 1. The van der Waals surface area contributed by atoms with Crippen molar-refractivity contribution in [2.45, 2.75) is 34.3 Å². The number of nitrogens with one attached hydrogen (secondary N) is 1. The molecule has 2 rings (SSSR count). The van der Waals surface area contributed by atoms with Crippen LogP contribution in [0.3, 0.4) is 0 Å². The van der Waals surface area contributed by atoms with E-state index in [1.54, 1.807) is 13.8 Å². The zero-order chi connectivity index (χ0) is 26.0. The summed E-state index contributed by atoms with van der Waals surface area (Å²) in [6, 6.07) is 4.31. The third-order valence-corrected chi connectivity index (χ3v) is 4.33. The van der Waals surface area contributed by atoms with Gasteiger partial charge in [-0.25, -0.2) is 14.6 Å². The normalized spacial score (nSPS) is 10.7. The third kappa shape index (κ3) is 7.73. The summed E-state index contributed by atoms with van der Waals surface area (Å²) in [6.45, 7) is 6.10. The molecule has 0 fully saturated rings. The largest absolute Gasteiger partial charge is 0.465 e. The standard InChI is InChI=1S/C24H26N2O9/c1-6-32-33-13-17-12-25-14(2)23(35-16(4)28)18(17)10-11-21(29)26-22-19(24(30)31-5)8-7-9-20(22)34-15(3)27/h7-12H,6,13H2,1-5H3,(H,26,29)/b11-10+. The molecule has 0 radical (unpaired) electrons. The van der Waals surface area contributed by atoms with Gasteiger partial charge in [-0.1, -0.05) is 6.07 Å². The van der Waals surface area contributed by atoms with Gasteiger partial charge in [-0.3, -0.25) is 19.4 Å². The van der Waals surface area contributed by atoms with E-state index >= 15 is 0 Å². The number of benzene rings is 1. The number of nitrogens with zero attached hydrogens (tertiary/aromatic N) is 1. The number of ether oxygens (including phenoxy) is 3. The molecule has 0 spiro atoms. The number of esters is 3. The Balaban J connectivity index is 2.44. The molecule has 1 heterocycles. The molecule has 0 aliphatic heterocycles. The molecule has 2 aromatic rings. The maximum atomic E-state index is 12.8. The highest BCUT2D eigenvalue weighted by atomic mass is 17.2. The number of amides is 1. The van der Waals surface area contributed by atoms with Crippen molar-refractivity contribution < 1.29 is 43.2 Å². The SMILES string of the molecule is CCOOCc1cnc(C)c(OC(C)=O)c1/C=C/C(=O)Nc1c(OC(C)=O)cccc1C(=O)OC. The van der Waals surface area contributed by atoms with E-state index in [-0.39, 0.29) is 29.4 Å². The minimum Gasteiger partial charge on any atom is -0.465 e. The van der Waals surface area contributed by atoms with Crippen LogP contribution in [0.4, 0.5) is 5.69 Å². The van der Waals surface area contributed by atoms with E-state index in [9.17, 15) is 19.2 Å². The number of carbonyl (C=O) groups is 4. The van der Waals surface area contributed by atoms with Gasteiger partial charge in [0.15, 0.2) is 11.5 Å². The van der Waals surface area contributed by atoms with Crippen molar-refractivity contribution in [1.82, 2.24) is 4.98 Å². The predicted octanol–water partition coefficient (Wildman–Crippen LogP) is 3.15. The number of para-hydroxylation sites is 1. The summed E-state index contributed by atoms with van der Waals surface area (Å²) < 4.78 is 15.2. The number of methoxy groups -OCH3 is 1. The average Bonchev–Trinajstić information content (AvgIpc) is 2.80. The molecule has 1 aromatic heterocycles. The van der Waals surface area contributed by atoms with Crippen molar-refractivity contribution in [3.8, 4) is 11.5 Å². The second-order valence-corrected chi connectivity index (χ2v) is 6.96. The first-order valence-corrected chi connectivity index (χ1v) is 10.5. The van der Waals surface area contributed by atoms with Gasteiger partial charge in [0, 0.05) is 37.2 Å². The van der Waals surface area contributed by atoms with Gasteiger partial charge < -0.3 is 19.5 Å². The molecule has 0 saturated carbocycles. The Bertz CT molecular complexity index is 1140. The van der Waals surface area contributed by atoms with E-state index in [0.717, 1.165) is 6.08 Å². The summed E-state index contributed by atoms with van der Waals surface area (Å²) >= 11 is 0. The summed E-state index contributed by atoms with van der Waals surface area (Å²) in [6.07, 6.45) is 4.06. The van der Waals surface area contributed by atoms with Crippen LogP contribution >= 0.6 is 0 Å². The van der Waals surface area contributed by atoms with Crippen LogP contribution in [0.1, 0.15) is 48.0 Å². The van der Waals surface area contributed by atoms with Gasteiger partial charge in [0.2, 0.25) is 5.91 Å². The lowest BCUT2D eigenvalue weighted by atomic mass is 10.1. The van der Waals surface area contributed by atoms with Crippen LogP contribution in [-0.4, -0.2) is 42.5 Å². The van der Waals surface area contributed by atoms with Gasteiger partial charge in [-0.15, -0.1) is 0 Å². The summed E-state index contributed by atoms with van der Waals surface area (Å²) in [5.41, 5.74) is 1.20. The van der Waals surface area contributed by atoms with Crippen LogP contribution in [0.2, 0.25) is 0 Å². The lowest BCUT2D eigenvalue weighted by molar-refractivity contribution is -0.300. The Kier molecular flexibility index (Phi) is 10.1. The summed E-state index contributed by atoms with van der Waals surface area (Å²) in [5.74, 6) is -2.52. The molecule has 0 unspecified atom stereocenters. The van der Waals surface area contributed by atoms with Gasteiger partial charge in [-0.2, -0.15) is 0 Å². The fourth-order valence-corrected chi connectivity index (χ4v) is 2.91. The Morgan fingerprint density at radius 3 is 2.40 bits per heavy atom. The zero-order valence-electron chi connectivity index (χ0n) is 20.0. The molecule has 11 heteroatoms. The van der Waals surface area contributed by atoms with Gasteiger partial charge in [-0.05, 0) is 32.1 Å². The Morgan fingerprint density at radius 2 is 1.77 bits per heavy atom. The lowest BCUT2D eigenvalue weighted by Gasteiger charge is -2.14. The molecular formula is C24H26N2O9. The number of aryl methyl sites for hydroxylation is 1. The van der Waals surface area contributed by atoms with E-state index in [0.29, 0.717) is 23.4 Å². The molecule has 1 amide bonds. The Hall–Kier alpha value is -4.09. The molecule has 11 nitrogen and oxygen atoms in total. The fourth-order valence-electron chi connectivity index (χ4n) is 2.91. The van der Waals surface area contributed by atoms with Crippen LogP contribution in [0.15, 0.2) is 30.5 Å². The van der Waals surface area contributed by atoms with E-state index in [1.807, 2.05) is 0 Å². The van der Waals surface area contributed by atoms with Gasteiger partial charge >= 0.3 is 17.9 Å². The lowest BCUT2D eigenvalue weighted by Crippen LogP contribution is -2.15. The monoisotopic (exact) mass is 486 g/mol. The molecule has 0 aliphatic rings. The zero-order valence-corrected chi connectivity index (χ0v) is 20.0. The number of hydrogen-bond acceptors (Lipinski definition) is 10.